The van der Waals surface area contributed by atoms with E-state index in [1.807, 2.05) is 30.3 Å². The molecule has 0 saturated carbocycles. The van der Waals surface area contributed by atoms with Gasteiger partial charge >= 0.3 is 12.1 Å². The lowest BCUT2D eigenvalue weighted by molar-refractivity contribution is -0.136. The lowest BCUT2D eigenvalue weighted by atomic mass is 9.98. The first-order chi connectivity index (χ1) is 13.9. The second-order valence-corrected chi connectivity index (χ2v) is 6.43. The SMILES string of the molecule is COc1ccc(C(O)C(O)CCNC(=O)OCc2ccccc2)cc1CC(=O)O. The van der Waals surface area contributed by atoms with Gasteiger partial charge in [-0.05, 0) is 29.7 Å². The Hall–Kier alpha value is -3.10. The number of methoxy groups -OCH3 is 1. The zero-order valence-electron chi connectivity index (χ0n) is 16.1. The molecule has 0 aliphatic heterocycles. The Morgan fingerprint density at radius 1 is 1.10 bits per heavy atom. The number of aliphatic hydroxyl groups is 2. The number of nitrogens with one attached hydrogen (secondary N) is 1. The third kappa shape index (κ3) is 7.10. The van der Waals surface area contributed by atoms with Crippen molar-refractivity contribution in [3.63, 3.8) is 0 Å². The summed E-state index contributed by atoms with van der Waals surface area (Å²) in [6.07, 6.45) is -3.20. The summed E-state index contributed by atoms with van der Waals surface area (Å²) < 4.78 is 10.2. The molecule has 0 heterocycles. The van der Waals surface area contributed by atoms with Crippen molar-refractivity contribution in [1.29, 1.82) is 0 Å². The highest BCUT2D eigenvalue weighted by atomic mass is 16.5. The molecule has 2 rings (SSSR count). The second kappa shape index (κ2) is 11.0. The van der Waals surface area contributed by atoms with Crippen LogP contribution in [0.15, 0.2) is 48.5 Å². The van der Waals surface area contributed by atoms with Gasteiger partial charge in [-0.1, -0.05) is 36.4 Å². The molecule has 8 heteroatoms. The van der Waals surface area contributed by atoms with Crippen LogP contribution in [0.1, 0.15) is 29.2 Å². The topological polar surface area (TPSA) is 125 Å². The minimum atomic E-state index is -1.24. The second-order valence-electron chi connectivity index (χ2n) is 6.43. The number of amides is 1. The molecule has 0 saturated heterocycles. The Labute approximate surface area is 168 Å². The summed E-state index contributed by atoms with van der Waals surface area (Å²) in [6.45, 7) is 0.236. The number of aliphatic hydroxyl groups excluding tert-OH is 2. The van der Waals surface area contributed by atoms with Gasteiger partial charge in [-0.3, -0.25) is 4.79 Å². The minimum Gasteiger partial charge on any atom is -0.496 e. The molecule has 29 heavy (non-hydrogen) atoms. The van der Waals surface area contributed by atoms with E-state index in [2.05, 4.69) is 5.32 Å². The Morgan fingerprint density at radius 3 is 2.48 bits per heavy atom. The average molecular weight is 403 g/mol. The molecule has 2 aromatic carbocycles. The molecule has 0 aromatic heterocycles. The lowest BCUT2D eigenvalue weighted by Crippen LogP contribution is -2.29. The average Bonchev–Trinajstić information content (AvgIpc) is 2.72. The van der Waals surface area contributed by atoms with Crippen molar-refractivity contribution in [1.82, 2.24) is 5.32 Å². The molecular formula is C21H25NO7. The Balaban J connectivity index is 1.83. The highest BCUT2D eigenvalue weighted by Crippen LogP contribution is 2.26. The predicted octanol–water partition coefficient (Wildman–Crippen LogP) is 2.03. The van der Waals surface area contributed by atoms with Gasteiger partial charge in [0.05, 0.1) is 19.6 Å². The van der Waals surface area contributed by atoms with E-state index >= 15 is 0 Å². The van der Waals surface area contributed by atoms with Crippen molar-refractivity contribution in [2.24, 2.45) is 0 Å². The number of benzene rings is 2. The largest absolute Gasteiger partial charge is 0.496 e. The number of aliphatic carboxylic acids is 1. The van der Waals surface area contributed by atoms with Crippen molar-refractivity contribution >= 4 is 12.1 Å². The smallest absolute Gasteiger partial charge is 0.407 e. The number of carbonyl (C=O) groups excluding carboxylic acids is 1. The zero-order chi connectivity index (χ0) is 21.2. The lowest BCUT2D eigenvalue weighted by Gasteiger charge is -2.19. The molecule has 0 aliphatic rings. The summed E-state index contributed by atoms with van der Waals surface area (Å²) in [4.78, 5) is 22.7. The predicted molar refractivity (Wildman–Crippen MR) is 105 cm³/mol. The van der Waals surface area contributed by atoms with E-state index in [-0.39, 0.29) is 26.0 Å². The fraction of sp³-hybridized carbons (Fsp3) is 0.333. The molecule has 0 radical (unpaired) electrons. The summed E-state index contributed by atoms with van der Waals surface area (Å²) in [5, 5.41) is 32.1. The number of alkyl carbamates (subject to hydrolysis) is 1. The Morgan fingerprint density at radius 2 is 1.83 bits per heavy atom. The number of carboxylic acids is 1. The first kappa shape index (κ1) is 22.2. The molecular weight excluding hydrogens is 378 g/mol. The van der Waals surface area contributed by atoms with E-state index in [9.17, 15) is 19.8 Å². The van der Waals surface area contributed by atoms with E-state index in [0.717, 1.165) is 5.56 Å². The van der Waals surface area contributed by atoms with Crippen LogP contribution < -0.4 is 10.1 Å². The van der Waals surface area contributed by atoms with E-state index < -0.39 is 24.3 Å². The molecule has 0 aliphatic carbocycles. The highest BCUT2D eigenvalue weighted by Gasteiger charge is 2.20. The maximum absolute atomic E-state index is 11.7. The fourth-order valence-electron chi connectivity index (χ4n) is 2.76. The molecule has 156 valence electrons. The Kier molecular flexibility index (Phi) is 8.45. The van der Waals surface area contributed by atoms with Crippen molar-refractivity contribution in [3.05, 3.63) is 65.2 Å². The van der Waals surface area contributed by atoms with Gasteiger partial charge in [-0.2, -0.15) is 0 Å². The van der Waals surface area contributed by atoms with Crippen molar-refractivity contribution in [2.45, 2.75) is 31.7 Å². The van der Waals surface area contributed by atoms with Gasteiger partial charge in [-0.25, -0.2) is 4.79 Å². The van der Waals surface area contributed by atoms with Crippen LogP contribution in [0.5, 0.6) is 5.75 Å². The number of hydrogen-bond acceptors (Lipinski definition) is 6. The standard InChI is InChI=1S/C21H25NO7/c1-28-18-8-7-15(11-16(18)12-19(24)25)20(26)17(23)9-10-22-21(27)29-13-14-5-3-2-4-6-14/h2-8,11,17,20,23,26H,9-10,12-13H2,1H3,(H,22,27)(H,24,25). The van der Waals surface area contributed by atoms with E-state index in [0.29, 0.717) is 16.9 Å². The summed E-state index contributed by atoms with van der Waals surface area (Å²) >= 11 is 0. The molecule has 0 spiro atoms. The normalized spacial score (nSPS) is 12.7. The van der Waals surface area contributed by atoms with Crippen LogP contribution in [-0.2, 0) is 22.6 Å². The fourth-order valence-corrected chi connectivity index (χ4v) is 2.76. The van der Waals surface area contributed by atoms with Crippen LogP contribution >= 0.6 is 0 Å². The van der Waals surface area contributed by atoms with Gasteiger partial charge < -0.3 is 30.1 Å². The maximum Gasteiger partial charge on any atom is 0.407 e. The summed E-state index contributed by atoms with van der Waals surface area (Å²) in [7, 11) is 1.42. The van der Waals surface area contributed by atoms with Crippen molar-refractivity contribution in [2.75, 3.05) is 13.7 Å². The number of carboxylic acid groups (broad SMARTS) is 1. The number of ether oxygens (including phenoxy) is 2. The molecule has 0 bridgehead atoms. The molecule has 0 fully saturated rings. The molecule has 2 atom stereocenters. The number of rotatable bonds is 10. The van der Waals surface area contributed by atoms with Crippen molar-refractivity contribution in [3.8, 4) is 5.75 Å². The van der Waals surface area contributed by atoms with Crippen LogP contribution in [-0.4, -0.2) is 47.1 Å². The monoisotopic (exact) mass is 403 g/mol. The van der Waals surface area contributed by atoms with Crippen LogP contribution in [0.4, 0.5) is 4.79 Å². The van der Waals surface area contributed by atoms with E-state index in [1.165, 1.54) is 13.2 Å². The van der Waals surface area contributed by atoms with E-state index in [4.69, 9.17) is 14.6 Å². The summed E-state index contributed by atoms with van der Waals surface area (Å²) in [5.74, 6) is -0.644. The van der Waals surface area contributed by atoms with Crippen LogP contribution in [0.2, 0.25) is 0 Å². The number of carbonyl (C=O) groups is 2. The zero-order valence-corrected chi connectivity index (χ0v) is 16.1. The number of hydrogen-bond donors (Lipinski definition) is 4. The quantitative estimate of drug-likeness (QED) is 0.478. The van der Waals surface area contributed by atoms with Crippen molar-refractivity contribution < 1.29 is 34.4 Å². The van der Waals surface area contributed by atoms with Crippen LogP contribution in [0.25, 0.3) is 0 Å². The molecule has 1 amide bonds. The Bertz CT molecular complexity index is 810. The van der Waals surface area contributed by atoms with E-state index in [1.54, 1.807) is 12.1 Å². The molecule has 4 N–H and O–H groups in total. The van der Waals surface area contributed by atoms with Gasteiger partial charge in [0.25, 0.3) is 0 Å². The third-order valence-electron chi connectivity index (χ3n) is 4.27. The third-order valence-corrected chi connectivity index (χ3v) is 4.27. The van der Waals surface area contributed by atoms with Gasteiger partial charge in [-0.15, -0.1) is 0 Å². The first-order valence-corrected chi connectivity index (χ1v) is 9.10. The van der Waals surface area contributed by atoms with Gasteiger partial charge in [0.1, 0.15) is 18.5 Å². The molecule has 8 nitrogen and oxygen atoms in total. The van der Waals surface area contributed by atoms with Crippen LogP contribution in [0.3, 0.4) is 0 Å². The minimum absolute atomic E-state index is 0.0852. The van der Waals surface area contributed by atoms with Gasteiger partial charge in [0.15, 0.2) is 0 Å². The van der Waals surface area contributed by atoms with Gasteiger partial charge in [0.2, 0.25) is 0 Å². The summed E-state index contributed by atoms with van der Waals surface area (Å²) in [6, 6.07) is 13.8. The molecule has 2 unspecified atom stereocenters. The summed E-state index contributed by atoms with van der Waals surface area (Å²) in [5.41, 5.74) is 1.61. The van der Waals surface area contributed by atoms with Crippen LogP contribution in [0, 0.1) is 0 Å². The first-order valence-electron chi connectivity index (χ1n) is 9.10. The maximum atomic E-state index is 11.7. The molecule has 2 aromatic rings. The highest BCUT2D eigenvalue weighted by molar-refractivity contribution is 5.71. The van der Waals surface area contributed by atoms with Gasteiger partial charge in [0, 0.05) is 12.1 Å².